The minimum atomic E-state index is -0.696. The molecule has 1 aromatic rings. The zero-order valence-corrected chi connectivity index (χ0v) is 19.0. The number of methoxy groups -OCH3 is 1. The summed E-state index contributed by atoms with van der Waals surface area (Å²) in [5.74, 6) is -0.922. The van der Waals surface area contributed by atoms with Crippen molar-refractivity contribution >= 4 is 5.97 Å². The summed E-state index contributed by atoms with van der Waals surface area (Å²) >= 11 is 0. The average Bonchev–Trinajstić information content (AvgIpc) is 2.73. The number of aromatic hydroxyl groups is 1. The molecular weight excluding hydrogens is 396 g/mol. The van der Waals surface area contributed by atoms with E-state index in [1.165, 1.54) is 13.2 Å². The van der Waals surface area contributed by atoms with E-state index < -0.39 is 24.3 Å². The number of esters is 1. The average molecular weight is 433 g/mol. The molecule has 0 aliphatic carbocycles. The number of phenolic OH excluding ortho intramolecular Hbond substituents is 1. The molecule has 0 unspecified atom stereocenters. The van der Waals surface area contributed by atoms with Crippen LogP contribution in [0.5, 0.6) is 11.5 Å². The van der Waals surface area contributed by atoms with Crippen LogP contribution in [0.3, 0.4) is 0 Å². The third kappa shape index (κ3) is 6.34. The van der Waals surface area contributed by atoms with Crippen LogP contribution >= 0.6 is 0 Å². The van der Waals surface area contributed by atoms with Crippen LogP contribution in [0.4, 0.5) is 0 Å². The van der Waals surface area contributed by atoms with Gasteiger partial charge in [0.2, 0.25) is 0 Å². The summed E-state index contributed by atoms with van der Waals surface area (Å²) in [5, 5.41) is 32.0. The second-order valence-electron chi connectivity index (χ2n) is 8.67. The van der Waals surface area contributed by atoms with Crippen LogP contribution in [0, 0.1) is 17.8 Å². The highest BCUT2D eigenvalue weighted by Crippen LogP contribution is 2.33. The van der Waals surface area contributed by atoms with Gasteiger partial charge in [-0.1, -0.05) is 39.0 Å². The van der Waals surface area contributed by atoms with Crippen molar-refractivity contribution in [2.75, 3.05) is 7.11 Å². The molecule has 1 heterocycles. The minimum absolute atomic E-state index is 0.0300. The van der Waals surface area contributed by atoms with Crippen molar-refractivity contribution < 1.29 is 29.6 Å². The van der Waals surface area contributed by atoms with E-state index in [1.807, 2.05) is 32.9 Å². The lowest BCUT2D eigenvalue weighted by Gasteiger charge is -2.31. The maximum atomic E-state index is 13.1. The van der Waals surface area contributed by atoms with Crippen molar-refractivity contribution in [3.05, 3.63) is 48.1 Å². The van der Waals surface area contributed by atoms with Gasteiger partial charge in [-0.2, -0.15) is 0 Å². The number of rotatable bonds is 6. The monoisotopic (exact) mass is 432 g/mol. The van der Waals surface area contributed by atoms with Crippen molar-refractivity contribution in [3.63, 3.8) is 0 Å². The fourth-order valence-electron chi connectivity index (χ4n) is 4.00. The summed E-state index contributed by atoms with van der Waals surface area (Å²) in [7, 11) is 1.47. The molecule has 6 heteroatoms. The molecule has 0 bridgehead atoms. The molecule has 1 aliphatic heterocycles. The predicted molar refractivity (Wildman–Crippen MR) is 120 cm³/mol. The number of fused-ring (bicyclic) bond motifs is 1. The summed E-state index contributed by atoms with van der Waals surface area (Å²) in [6, 6.07) is 3.01. The number of carbonyl (C=O) groups is 1. The van der Waals surface area contributed by atoms with Crippen molar-refractivity contribution in [1.29, 1.82) is 0 Å². The van der Waals surface area contributed by atoms with E-state index in [2.05, 4.69) is 6.58 Å². The first-order valence-electron chi connectivity index (χ1n) is 10.9. The Kier molecular flexibility index (Phi) is 9.14. The number of hydrogen-bond acceptors (Lipinski definition) is 6. The van der Waals surface area contributed by atoms with E-state index in [0.717, 1.165) is 0 Å². The zero-order valence-electron chi connectivity index (χ0n) is 19.0. The number of benzene rings is 1. The first-order chi connectivity index (χ1) is 14.7. The van der Waals surface area contributed by atoms with Gasteiger partial charge in [0, 0.05) is 18.4 Å². The van der Waals surface area contributed by atoms with Gasteiger partial charge < -0.3 is 24.8 Å². The van der Waals surface area contributed by atoms with Gasteiger partial charge in [-0.25, -0.2) is 4.79 Å². The minimum Gasteiger partial charge on any atom is -0.507 e. The highest BCUT2D eigenvalue weighted by molar-refractivity contribution is 5.94. The lowest BCUT2D eigenvalue weighted by molar-refractivity contribution is -0.0270. The Morgan fingerprint density at radius 3 is 2.61 bits per heavy atom. The highest BCUT2D eigenvalue weighted by atomic mass is 16.5. The Morgan fingerprint density at radius 1 is 1.29 bits per heavy atom. The van der Waals surface area contributed by atoms with Crippen LogP contribution in [0.1, 0.15) is 56.0 Å². The lowest BCUT2D eigenvalue weighted by Crippen LogP contribution is -2.37. The molecule has 172 valence electrons. The van der Waals surface area contributed by atoms with E-state index in [-0.39, 0.29) is 35.5 Å². The SMILES string of the molecule is C=CC[C@@H](C)[C@@H](O)[C@H](C)[C@@H]1C/C=C\C[C@H](C)[C@H](O)Cc2cc(OC)cc(O)c2C(=O)O1. The molecule has 6 nitrogen and oxygen atoms in total. The van der Waals surface area contributed by atoms with E-state index >= 15 is 0 Å². The normalized spacial score (nSPS) is 26.3. The van der Waals surface area contributed by atoms with Crippen LogP contribution < -0.4 is 4.74 Å². The number of phenols is 1. The van der Waals surface area contributed by atoms with Crippen LogP contribution in [-0.4, -0.2) is 46.7 Å². The summed E-state index contributed by atoms with van der Waals surface area (Å²) in [6.45, 7) is 9.48. The standard InChI is InChI=1S/C25H36O6/c1-6-9-16(3)24(28)17(4)22-11-8-7-10-15(2)20(26)13-18-12-19(30-5)14-21(27)23(18)25(29)31-22/h6-8,12,14-17,20,22,24,26-28H,1,9-11,13H2,2-5H3/b8-7-/t15-,16+,17+,20+,22-,24+/m0/s1. The molecule has 0 radical (unpaired) electrons. The van der Waals surface area contributed by atoms with Gasteiger partial charge in [0.05, 0.1) is 19.3 Å². The van der Waals surface area contributed by atoms with Crippen molar-refractivity contribution in [1.82, 2.24) is 0 Å². The second-order valence-corrected chi connectivity index (χ2v) is 8.67. The Hall–Kier alpha value is -2.31. The van der Waals surface area contributed by atoms with Crippen LogP contribution in [0.25, 0.3) is 0 Å². The number of aliphatic hydroxyl groups excluding tert-OH is 2. The summed E-state index contributed by atoms with van der Waals surface area (Å²) in [6.07, 6.45) is 5.66. The molecule has 2 rings (SSSR count). The molecule has 0 saturated carbocycles. The molecule has 3 N–H and O–H groups in total. The Labute approximate surface area is 185 Å². The second kappa shape index (κ2) is 11.3. The van der Waals surface area contributed by atoms with Crippen LogP contribution in [0.2, 0.25) is 0 Å². The zero-order chi connectivity index (χ0) is 23.1. The largest absolute Gasteiger partial charge is 0.507 e. The van der Waals surface area contributed by atoms with Gasteiger partial charge in [-0.15, -0.1) is 6.58 Å². The molecular formula is C25H36O6. The number of ether oxygens (including phenoxy) is 2. The van der Waals surface area contributed by atoms with Crippen molar-refractivity contribution in [2.45, 2.75) is 64.8 Å². The number of carbonyl (C=O) groups excluding carboxylic acids is 1. The molecule has 0 amide bonds. The number of allylic oxidation sites excluding steroid dienone is 2. The van der Waals surface area contributed by atoms with E-state index in [4.69, 9.17) is 9.47 Å². The number of aliphatic hydroxyl groups is 2. The fraction of sp³-hybridized carbons (Fsp3) is 0.560. The molecule has 31 heavy (non-hydrogen) atoms. The summed E-state index contributed by atoms with van der Waals surface area (Å²) in [5.41, 5.74) is 0.500. The van der Waals surface area contributed by atoms with Gasteiger partial charge in [0.1, 0.15) is 23.2 Å². The number of hydrogen-bond donors (Lipinski definition) is 3. The van der Waals surface area contributed by atoms with Gasteiger partial charge in [-0.05, 0) is 42.7 Å². The molecule has 0 aromatic heterocycles. The molecule has 1 aliphatic rings. The smallest absolute Gasteiger partial charge is 0.342 e. The lowest BCUT2D eigenvalue weighted by atomic mass is 9.86. The van der Waals surface area contributed by atoms with Gasteiger partial charge in [0.15, 0.2) is 0 Å². The molecule has 1 aromatic carbocycles. The third-order valence-corrected chi connectivity index (χ3v) is 6.25. The fourth-order valence-corrected chi connectivity index (χ4v) is 4.00. The summed E-state index contributed by atoms with van der Waals surface area (Å²) < 4.78 is 11.0. The Morgan fingerprint density at radius 2 is 1.97 bits per heavy atom. The topological polar surface area (TPSA) is 96.2 Å². The Balaban J connectivity index is 2.43. The maximum Gasteiger partial charge on any atom is 0.342 e. The first kappa shape index (κ1) is 25.0. The maximum absolute atomic E-state index is 13.1. The number of cyclic esters (lactones) is 1. The highest BCUT2D eigenvalue weighted by Gasteiger charge is 2.32. The van der Waals surface area contributed by atoms with Gasteiger partial charge in [-0.3, -0.25) is 0 Å². The van der Waals surface area contributed by atoms with Crippen molar-refractivity contribution in [2.24, 2.45) is 17.8 Å². The molecule has 0 saturated heterocycles. The van der Waals surface area contributed by atoms with E-state index in [1.54, 1.807) is 12.1 Å². The molecule has 0 spiro atoms. The van der Waals surface area contributed by atoms with Gasteiger partial charge >= 0.3 is 5.97 Å². The molecule has 6 atom stereocenters. The van der Waals surface area contributed by atoms with Crippen molar-refractivity contribution in [3.8, 4) is 11.5 Å². The quantitative estimate of drug-likeness (QED) is 0.464. The van der Waals surface area contributed by atoms with E-state index in [0.29, 0.717) is 30.6 Å². The molecule has 0 fully saturated rings. The van der Waals surface area contributed by atoms with E-state index in [9.17, 15) is 20.1 Å². The van der Waals surface area contributed by atoms with Crippen LogP contribution in [-0.2, 0) is 11.2 Å². The van der Waals surface area contributed by atoms with Crippen LogP contribution in [0.15, 0.2) is 36.9 Å². The third-order valence-electron chi connectivity index (χ3n) is 6.25. The Bertz CT molecular complexity index is 786. The summed E-state index contributed by atoms with van der Waals surface area (Å²) in [4.78, 5) is 13.1. The first-order valence-corrected chi connectivity index (χ1v) is 10.9. The predicted octanol–water partition coefficient (Wildman–Crippen LogP) is 4.02. The van der Waals surface area contributed by atoms with Gasteiger partial charge in [0.25, 0.3) is 0 Å².